The number of hydrogen-bond donors (Lipinski definition) is 0. The van der Waals surface area contributed by atoms with Gasteiger partial charge in [0.2, 0.25) is 0 Å². The number of fused-ring (bicyclic) bond motifs is 2. The van der Waals surface area contributed by atoms with Crippen LogP contribution in [0.15, 0.2) is 18.2 Å². The molecule has 1 heterocycles. The molecule has 1 aromatic rings. The van der Waals surface area contributed by atoms with Gasteiger partial charge in [0.15, 0.2) is 0 Å². The fourth-order valence-corrected chi connectivity index (χ4v) is 3.09. The van der Waals surface area contributed by atoms with Crippen LogP contribution in [0.4, 0.5) is 10.5 Å². The highest BCUT2D eigenvalue weighted by molar-refractivity contribution is 5.69. The van der Waals surface area contributed by atoms with Crippen LogP contribution in [-0.2, 0) is 16.7 Å². The molecule has 1 amide bonds. The summed E-state index contributed by atoms with van der Waals surface area (Å²) in [5.41, 5.74) is 1.51. The van der Waals surface area contributed by atoms with Crippen LogP contribution in [0.1, 0.15) is 44.7 Å². The maximum atomic E-state index is 12.3. The van der Waals surface area contributed by atoms with Crippen molar-refractivity contribution in [3.63, 3.8) is 0 Å². The Morgan fingerprint density at radius 1 is 1.36 bits per heavy atom. The highest BCUT2D eigenvalue weighted by Crippen LogP contribution is 2.52. The molecule has 3 rings (SSSR count). The Balaban J connectivity index is 1.90. The van der Waals surface area contributed by atoms with Crippen molar-refractivity contribution in [3.8, 4) is 0 Å². The number of nitro benzene ring substituents is 1. The van der Waals surface area contributed by atoms with Crippen molar-refractivity contribution in [2.45, 2.75) is 51.2 Å². The molecular weight excluding hydrogens is 284 g/mol. The first kappa shape index (κ1) is 14.8. The molecule has 118 valence electrons. The van der Waals surface area contributed by atoms with Crippen molar-refractivity contribution >= 4 is 11.8 Å². The first-order valence-corrected chi connectivity index (χ1v) is 7.46. The second kappa shape index (κ2) is 4.69. The van der Waals surface area contributed by atoms with E-state index >= 15 is 0 Å². The van der Waals surface area contributed by atoms with Gasteiger partial charge in [0.25, 0.3) is 5.69 Å². The monoisotopic (exact) mass is 304 g/mol. The number of rotatable bonds is 1. The summed E-state index contributed by atoms with van der Waals surface area (Å²) in [4.78, 5) is 24.6. The molecular formula is C16H20N2O4. The predicted octanol–water partition coefficient (Wildman–Crippen LogP) is 3.38. The topological polar surface area (TPSA) is 72.7 Å². The molecule has 1 aromatic carbocycles. The lowest BCUT2D eigenvalue weighted by atomic mass is 9.87. The lowest BCUT2D eigenvalue weighted by Gasteiger charge is -2.35. The zero-order valence-electron chi connectivity index (χ0n) is 13.1. The van der Waals surface area contributed by atoms with Crippen LogP contribution in [0.25, 0.3) is 0 Å². The smallest absolute Gasteiger partial charge is 0.410 e. The number of ether oxygens (including phenoxy) is 1. The summed E-state index contributed by atoms with van der Waals surface area (Å²) in [6, 6.07) is 5.00. The predicted molar refractivity (Wildman–Crippen MR) is 80.7 cm³/mol. The van der Waals surface area contributed by atoms with Crippen LogP contribution in [0, 0.1) is 10.1 Å². The van der Waals surface area contributed by atoms with E-state index in [0.29, 0.717) is 13.1 Å². The Morgan fingerprint density at radius 3 is 2.59 bits per heavy atom. The van der Waals surface area contributed by atoms with Gasteiger partial charge in [0, 0.05) is 30.6 Å². The lowest BCUT2D eigenvalue weighted by molar-refractivity contribution is -0.385. The van der Waals surface area contributed by atoms with Gasteiger partial charge in [-0.15, -0.1) is 0 Å². The van der Waals surface area contributed by atoms with E-state index in [-0.39, 0.29) is 17.2 Å². The molecule has 6 nitrogen and oxygen atoms in total. The minimum Gasteiger partial charge on any atom is -0.444 e. The van der Waals surface area contributed by atoms with E-state index in [1.54, 1.807) is 17.0 Å². The van der Waals surface area contributed by atoms with Crippen molar-refractivity contribution in [3.05, 3.63) is 39.4 Å². The van der Waals surface area contributed by atoms with Crippen molar-refractivity contribution in [1.29, 1.82) is 0 Å². The van der Waals surface area contributed by atoms with Crippen LogP contribution in [-0.4, -0.2) is 28.1 Å². The zero-order chi connectivity index (χ0) is 16.1. The summed E-state index contributed by atoms with van der Waals surface area (Å²) in [6.45, 7) is 6.50. The summed E-state index contributed by atoms with van der Waals surface area (Å²) in [7, 11) is 0. The number of carbonyl (C=O) groups excluding carboxylic acids is 1. The molecule has 1 fully saturated rings. The summed E-state index contributed by atoms with van der Waals surface area (Å²) < 4.78 is 5.44. The van der Waals surface area contributed by atoms with Crippen molar-refractivity contribution in [1.82, 2.24) is 4.90 Å². The molecule has 0 atom stereocenters. The fraction of sp³-hybridized carbons (Fsp3) is 0.562. The Labute approximate surface area is 129 Å². The molecule has 0 saturated heterocycles. The standard InChI is InChI=1S/C16H20N2O4/c1-15(2,3)22-14(19)17-9-11-8-12(18(20)21)4-5-13(11)16(10-17)6-7-16/h4-5,8H,6-7,9-10H2,1-3H3. The number of hydrogen-bond acceptors (Lipinski definition) is 4. The molecule has 0 bridgehead atoms. The second-order valence-corrected chi connectivity index (χ2v) is 7.22. The molecule has 0 N–H and O–H groups in total. The molecule has 22 heavy (non-hydrogen) atoms. The van der Waals surface area contributed by atoms with Crippen LogP contribution in [0.3, 0.4) is 0 Å². The summed E-state index contributed by atoms with van der Waals surface area (Å²) in [5.74, 6) is 0. The zero-order valence-corrected chi connectivity index (χ0v) is 13.1. The number of non-ortho nitro benzene ring substituents is 1. The molecule has 0 radical (unpaired) electrons. The molecule has 6 heteroatoms. The van der Waals surface area contributed by atoms with E-state index in [9.17, 15) is 14.9 Å². The SMILES string of the molecule is CC(C)(C)OC(=O)N1Cc2cc([N+](=O)[O-])ccc2C2(CC2)C1. The minimum absolute atomic E-state index is 0.0282. The molecule has 1 aliphatic heterocycles. The number of carbonyl (C=O) groups is 1. The molecule has 0 aromatic heterocycles. The maximum Gasteiger partial charge on any atom is 0.410 e. The Bertz CT molecular complexity index is 644. The number of nitrogens with zero attached hydrogens (tertiary/aromatic N) is 2. The van der Waals surface area contributed by atoms with Crippen molar-refractivity contribution in [2.24, 2.45) is 0 Å². The van der Waals surface area contributed by atoms with Gasteiger partial charge in [0.1, 0.15) is 5.60 Å². The van der Waals surface area contributed by atoms with E-state index in [1.807, 2.05) is 26.8 Å². The number of nitro groups is 1. The Morgan fingerprint density at radius 2 is 2.05 bits per heavy atom. The summed E-state index contributed by atoms with van der Waals surface area (Å²) in [6.07, 6.45) is 1.67. The van der Waals surface area contributed by atoms with Crippen LogP contribution >= 0.6 is 0 Å². The highest BCUT2D eigenvalue weighted by Gasteiger charge is 2.50. The van der Waals surface area contributed by atoms with Gasteiger partial charge in [-0.05, 0) is 44.7 Å². The Kier molecular flexibility index (Phi) is 3.16. The quantitative estimate of drug-likeness (QED) is 0.589. The first-order valence-electron chi connectivity index (χ1n) is 7.46. The van der Waals surface area contributed by atoms with E-state index in [2.05, 4.69) is 0 Å². The van der Waals surface area contributed by atoms with Gasteiger partial charge >= 0.3 is 6.09 Å². The van der Waals surface area contributed by atoms with E-state index in [4.69, 9.17) is 4.74 Å². The minimum atomic E-state index is -0.545. The van der Waals surface area contributed by atoms with Gasteiger partial charge in [0.05, 0.1) is 4.92 Å². The third-order valence-corrected chi connectivity index (χ3v) is 4.23. The van der Waals surface area contributed by atoms with Crippen molar-refractivity contribution < 1.29 is 14.5 Å². The third-order valence-electron chi connectivity index (χ3n) is 4.23. The number of amides is 1. The first-order chi connectivity index (χ1) is 10.2. The third kappa shape index (κ3) is 2.65. The average Bonchev–Trinajstić information content (AvgIpc) is 3.16. The number of benzene rings is 1. The van der Waals surface area contributed by atoms with Gasteiger partial charge in [-0.25, -0.2) is 4.79 Å². The van der Waals surface area contributed by atoms with Crippen LogP contribution in [0.5, 0.6) is 0 Å². The molecule has 1 aliphatic carbocycles. The maximum absolute atomic E-state index is 12.3. The molecule has 2 aliphatic rings. The van der Waals surface area contributed by atoms with Crippen LogP contribution in [0.2, 0.25) is 0 Å². The Hall–Kier alpha value is -2.11. The largest absolute Gasteiger partial charge is 0.444 e. The second-order valence-electron chi connectivity index (χ2n) is 7.22. The van der Waals surface area contributed by atoms with Gasteiger partial charge in [-0.3, -0.25) is 10.1 Å². The van der Waals surface area contributed by atoms with Gasteiger partial charge in [-0.1, -0.05) is 6.07 Å². The van der Waals surface area contributed by atoms with E-state index in [1.165, 1.54) is 0 Å². The fourth-order valence-electron chi connectivity index (χ4n) is 3.09. The molecule has 1 spiro atoms. The van der Waals surface area contributed by atoms with Gasteiger partial charge < -0.3 is 9.64 Å². The summed E-state index contributed by atoms with van der Waals surface area (Å²) >= 11 is 0. The van der Waals surface area contributed by atoms with Crippen molar-refractivity contribution in [2.75, 3.05) is 6.54 Å². The van der Waals surface area contributed by atoms with E-state index < -0.39 is 10.5 Å². The molecule has 1 saturated carbocycles. The van der Waals surface area contributed by atoms with Gasteiger partial charge in [-0.2, -0.15) is 0 Å². The average molecular weight is 304 g/mol. The highest BCUT2D eigenvalue weighted by atomic mass is 16.6. The summed E-state index contributed by atoms with van der Waals surface area (Å²) in [5, 5.41) is 11.0. The van der Waals surface area contributed by atoms with Crippen LogP contribution < -0.4 is 0 Å². The molecule has 0 unspecified atom stereocenters. The lowest BCUT2D eigenvalue weighted by Crippen LogP contribution is -2.44. The van der Waals surface area contributed by atoms with E-state index in [0.717, 1.165) is 24.0 Å². The normalized spacial score (nSPS) is 18.8.